The van der Waals surface area contributed by atoms with Crippen molar-refractivity contribution >= 4 is 58.2 Å². The maximum atomic E-state index is 12.0. The van der Waals surface area contributed by atoms with Gasteiger partial charge in [-0.1, -0.05) is 0 Å². The number of nitrogens with one attached hydrogen (secondary N) is 1. The van der Waals surface area contributed by atoms with Crippen molar-refractivity contribution in [2.45, 2.75) is 17.4 Å². The number of halogens is 1. The highest BCUT2D eigenvalue weighted by atomic mass is 127. The van der Waals surface area contributed by atoms with Crippen LogP contribution in [0.25, 0.3) is 0 Å². The molecule has 0 bridgehead atoms. The number of hydrogen-bond acceptors (Lipinski definition) is 6. The first-order valence-corrected chi connectivity index (χ1v) is 10.0. The van der Waals surface area contributed by atoms with Gasteiger partial charge in [0.2, 0.25) is 5.91 Å². The standard InChI is InChI=1S/C15H19IN2O3S2/c1-15(22-4-5-23-15)8-13(19)18-17-9-10-6-11(16)14(21-3)12(7-10)20-2/h6-7,9H,4-5,8H2,1-3H3,(H,18,19)/b17-9-. The summed E-state index contributed by atoms with van der Waals surface area (Å²) in [5, 5.41) is 4.04. The van der Waals surface area contributed by atoms with Crippen LogP contribution in [-0.4, -0.2) is 41.9 Å². The Hall–Kier alpha value is -0.610. The molecular formula is C15H19IN2O3S2. The molecule has 1 aromatic rings. The van der Waals surface area contributed by atoms with Crippen molar-refractivity contribution in [2.24, 2.45) is 5.10 Å². The molecule has 1 saturated heterocycles. The zero-order valence-electron chi connectivity index (χ0n) is 13.2. The summed E-state index contributed by atoms with van der Waals surface area (Å²) in [6.07, 6.45) is 2.07. The first-order chi connectivity index (χ1) is 11.0. The minimum atomic E-state index is -0.0687. The number of methoxy groups -OCH3 is 2. The van der Waals surface area contributed by atoms with E-state index in [9.17, 15) is 4.79 Å². The Morgan fingerprint density at radius 1 is 1.39 bits per heavy atom. The molecule has 5 nitrogen and oxygen atoms in total. The molecule has 126 valence electrons. The molecule has 0 atom stereocenters. The third-order valence-corrected chi connectivity index (χ3v) is 7.33. The Labute approximate surface area is 158 Å². The number of carbonyl (C=O) groups excluding carboxylic acids is 1. The van der Waals surface area contributed by atoms with E-state index in [-0.39, 0.29) is 9.99 Å². The summed E-state index contributed by atoms with van der Waals surface area (Å²) in [5.41, 5.74) is 3.43. The number of hydrazone groups is 1. The number of amides is 1. The lowest BCUT2D eigenvalue weighted by Gasteiger charge is -2.19. The number of nitrogens with zero attached hydrogens (tertiary/aromatic N) is 1. The van der Waals surface area contributed by atoms with Crippen molar-refractivity contribution in [1.29, 1.82) is 0 Å². The lowest BCUT2D eigenvalue weighted by molar-refractivity contribution is -0.121. The molecule has 0 spiro atoms. The van der Waals surface area contributed by atoms with Gasteiger partial charge in [-0.15, -0.1) is 23.5 Å². The monoisotopic (exact) mass is 466 g/mol. The van der Waals surface area contributed by atoms with Gasteiger partial charge < -0.3 is 9.47 Å². The van der Waals surface area contributed by atoms with Gasteiger partial charge in [0.1, 0.15) is 0 Å². The molecule has 1 amide bonds. The topological polar surface area (TPSA) is 59.9 Å². The van der Waals surface area contributed by atoms with Crippen molar-refractivity contribution in [2.75, 3.05) is 25.7 Å². The predicted molar refractivity (Wildman–Crippen MR) is 106 cm³/mol. The molecule has 0 aliphatic carbocycles. The van der Waals surface area contributed by atoms with E-state index < -0.39 is 0 Å². The number of rotatable bonds is 6. The highest BCUT2D eigenvalue weighted by Gasteiger charge is 2.32. The number of ether oxygens (including phenoxy) is 2. The van der Waals surface area contributed by atoms with E-state index in [1.807, 2.05) is 35.7 Å². The van der Waals surface area contributed by atoms with Crippen molar-refractivity contribution in [3.05, 3.63) is 21.3 Å². The molecule has 23 heavy (non-hydrogen) atoms. The van der Waals surface area contributed by atoms with Crippen LogP contribution in [0.1, 0.15) is 18.9 Å². The number of benzene rings is 1. The van der Waals surface area contributed by atoms with Gasteiger partial charge >= 0.3 is 0 Å². The number of carbonyl (C=O) groups is 1. The molecule has 8 heteroatoms. The summed E-state index contributed by atoms with van der Waals surface area (Å²) >= 11 is 5.84. The summed E-state index contributed by atoms with van der Waals surface area (Å²) in [7, 11) is 3.20. The van der Waals surface area contributed by atoms with Crippen molar-refractivity contribution in [3.8, 4) is 11.5 Å². The largest absolute Gasteiger partial charge is 0.493 e. The van der Waals surface area contributed by atoms with Gasteiger partial charge in [-0.2, -0.15) is 5.10 Å². The van der Waals surface area contributed by atoms with Crippen LogP contribution >= 0.6 is 46.1 Å². The van der Waals surface area contributed by atoms with E-state index in [2.05, 4.69) is 40.0 Å². The summed E-state index contributed by atoms with van der Waals surface area (Å²) < 4.78 is 11.5. The van der Waals surface area contributed by atoms with Gasteiger partial charge in [0.05, 0.1) is 34.5 Å². The minimum absolute atomic E-state index is 0.0294. The van der Waals surface area contributed by atoms with Crippen LogP contribution in [0.15, 0.2) is 17.2 Å². The molecule has 0 unspecified atom stereocenters. The van der Waals surface area contributed by atoms with Crippen LogP contribution in [-0.2, 0) is 4.79 Å². The van der Waals surface area contributed by atoms with Gasteiger partial charge in [0.25, 0.3) is 0 Å². The fourth-order valence-electron chi connectivity index (χ4n) is 2.18. The zero-order valence-corrected chi connectivity index (χ0v) is 17.0. The normalized spacial score (nSPS) is 16.5. The second kappa shape index (κ2) is 8.48. The summed E-state index contributed by atoms with van der Waals surface area (Å²) in [5.74, 6) is 3.46. The second-order valence-corrected chi connectivity index (χ2v) is 9.66. The highest BCUT2D eigenvalue weighted by molar-refractivity contribution is 14.1. The van der Waals surface area contributed by atoms with Crippen molar-refractivity contribution in [3.63, 3.8) is 0 Å². The number of hydrogen-bond donors (Lipinski definition) is 1. The third kappa shape index (κ3) is 5.18. The van der Waals surface area contributed by atoms with Gasteiger partial charge in [-0.05, 0) is 47.2 Å². The van der Waals surface area contributed by atoms with Crippen LogP contribution in [0.3, 0.4) is 0 Å². The second-order valence-electron chi connectivity index (χ2n) is 5.04. The molecule has 1 fully saturated rings. The van der Waals surface area contributed by atoms with Gasteiger partial charge in [-0.3, -0.25) is 4.79 Å². The van der Waals surface area contributed by atoms with Crippen molar-refractivity contribution < 1.29 is 14.3 Å². The molecule has 1 N–H and O–H groups in total. The highest BCUT2D eigenvalue weighted by Crippen LogP contribution is 2.45. The van der Waals surface area contributed by atoms with Crippen LogP contribution < -0.4 is 14.9 Å². The first-order valence-electron chi connectivity index (χ1n) is 6.99. The molecule has 0 saturated carbocycles. The molecule has 0 aromatic heterocycles. The van der Waals surface area contributed by atoms with E-state index in [0.29, 0.717) is 17.9 Å². The van der Waals surface area contributed by atoms with Crippen LogP contribution in [0.5, 0.6) is 11.5 Å². The van der Waals surface area contributed by atoms with Crippen LogP contribution in [0, 0.1) is 3.57 Å². The molecule has 1 aliphatic rings. The lowest BCUT2D eigenvalue weighted by Crippen LogP contribution is -2.26. The average molecular weight is 466 g/mol. The van der Waals surface area contributed by atoms with E-state index in [4.69, 9.17) is 9.47 Å². The van der Waals surface area contributed by atoms with Crippen molar-refractivity contribution in [1.82, 2.24) is 5.43 Å². The summed E-state index contributed by atoms with van der Waals surface area (Å²) in [6.45, 7) is 2.11. The molecular weight excluding hydrogens is 447 g/mol. The van der Waals surface area contributed by atoms with E-state index in [0.717, 1.165) is 20.6 Å². The molecule has 0 radical (unpaired) electrons. The molecule has 1 heterocycles. The Balaban J connectivity index is 1.97. The Kier molecular flexibility index (Phi) is 6.90. The van der Waals surface area contributed by atoms with E-state index >= 15 is 0 Å². The summed E-state index contributed by atoms with van der Waals surface area (Å²) in [4.78, 5) is 12.0. The number of thioether (sulfide) groups is 2. The van der Waals surface area contributed by atoms with Gasteiger partial charge in [0.15, 0.2) is 11.5 Å². The third-order valence-electron chi connectivity index (χ3n) is 3.24. The van der Waals surface area contributed by atoms with Crippen LogP contribution in [0.4, 0.5) is 0 Å². The quantitative estimate of drug-likeness (QED) is 0.396. The zero-order chi connectivity index (χ0) is 16.9. The minimum Gasteiger partial charge on any atom is -0.493 e. The van der Waals surface area contributed by atoms with Gasteiger partial charge in [-0.25, -0.2) is 5.43 Å². The lowest BCUT2D eigenvalue weighted by atomic mass is 10.2. The molecule has 1 aromatic carbocycles. The first kappa shape index (κ1) is 18.7. The summed E-state index contributed by atoms with van der Waals surface area (Å²) in [6, 6.07) is 3.74. The van der Waals surface area contributed by atoms with Crippen LogP contribution in [0.2, 0.25) is 0 Å². The smallest absolute Gasteiger partial charge is 0.242 e. The van der Waals surface area contributed by atoms with Gasteiger partial charge in [0, 0.05) is 11.5 Å². The Bertz CT molecular complexity index is 605. The predicted octanol–water partition coefficient (Wildman–Crippen LogP) is 3.34. The van der Waals surface area contributed by atoms with E-state index in [1.165, 1.54) is 0 Å². The fourth-order valence-corrected chi connectivity index (χ4v) is 5.86. The maximum Gasteiger partial charge on any atom is 0.242 e. The Morgan fingerprint density at radius 3 is 2.70 bits per heavy atom. The maximum absolute atomic E-state index is 12.0. The fraction of sp³-hybridized carbons (Fsp3) is 0.467. The molecule has 2 rings (SSSR count). The van der Waals surface area contributed by atoms with E-state index in [1.54, 1.807) is 20.4 Å². The SMILES string of the molecule is COc1cc(/C=N\NC(=O)CC2(C)SCCS2)cc(I)c1OC. The average Bonchev–Trinajstić information content (AvgIpc) is 2.92. The molecule has 1 aliphatic heterocycles. The Morgan fingerprint density at radius 2 is 2.09 bits per heavy atom.